The Kier molecular flexibility index (Phi) is 6.63. The molecule has 0 spiro atoms. The van der Waals surface area contributed by atoms with Crippen molar-refractivity contribution in [3.63, 3.8) is 0 Å². The summed E-state index contributed by atoms with van der Waals surface area (Å²) in [5.74, 6) is 1.07. The van der Waals surface area contributed by atoms with E-state index in [0.29, 0.717) is 0 Å². The standard InChI is InChI=1S/C14H23NOS/c1-4-15(5-2)10-11-17-14-9-7-6-8-13(14)12(3)16/h6-9,12,16H,4-5,10-11H2,1-3H3/t12-/m1/s1. The van der Waals surface area contributed by atoms with Crippen LogP contribution >= 0.6 is 11.8 Å². The SMILES string of the molecule is CCN(CC)CCSc1ccccc1[C@@H](C)O. The molecule has 1 aromatic rings. The number of thioether (sulfide) groups is 1. The summed E-state index contributed by atoms with van der Waals surface area (Å²) in [6.07, 6.45) is -0.382. The van der Waals surface area contributed by atoms with Gasteiger partial charge in [0.2, 0.25) is 0 Å². The third-order valence-electron chi connectivity index (χ3n) is 2.93. The summed E-state index contributed by atoms with van der Waals surface area (Å²) in [7, 11) is 0. The molecule has 0 aromatic heterocycles. The van der Waals surface area contributed by atoms with E-state index in [1.165, 1.54) is 4.90 Å². The Hall–Kier alpha value is -0.510. The second kappa shape index (κ2) is 7.75. The van der Waals surface area contributed by atoms with E-state index < -0.39 is 0 Å². The molecule has 1 atom stereocenters. The van der Waals surface area contributed by atoms with Crippen LogP contribution in [0.4, 0.5) is 0 Å². The fourth-order valence-corrected chi connectivity index (χ4v) is 2.93. The normalized spacial score (nSPS) is 13.0. The minimum absolute atomic E-state index is 0.382. The van der Waals surface area contributed by atoms with Crippen molar-refractivity contribution in [2.24, 2.45) is 0 Å². The zero-order chi connectivity index (χ0) is 12.7. The average Bonchev–Trinajstić information content (AvgIpc) is 2.35. The first-order valence-corrected chi connectivity index (χ1v) is 7.29. The van der Waals surface area contributed by atoms with Crippen LogP contribution in [0.15, 0.2) is 29.2 Å². The Morgan fingerprint density at radius 2 is 1.88 bits per heavy atom. The van der Waals surface area contributed by atoms with E-state index in [0.717, 1.165) is 31.0 Å². The van der Waals surface area contributed by atoms with Crippen LogP contribution in [-0.4, -0.2) is 35.4 Å². The molecule has 1 aromatic carbocycles. The lowest BCUT2D eigenvalue weighted by molar-refractivity contribution is 0.196. The zero-order valence-electron chi connectivity index (χ0n) is 11.0. The van der Waals surface area contributed by atoms with Crippen molar-refractivity contribution >= 4 is 11.8 Å². The maximum Gasteiger partial charge on any atom is 0.0772 e. The topological polar surface area (TPSA) is 23.5 Å². The number of aliphatic hydroxyl groups is 1. The van der Waals surface area contributed by atoms with E-state index in [4.69, 9.17) is 0 Å². The van der Waals surface area contributed by atoms with Gasteiger partial charge in [0.25, 0.3) is 0 Å². The first kappa shape index (κ1) is 14.6. The van der Waals surface area contributed by atoms with Crippen LogP contribution < -0.4 is 0 Å². The highest BCUT2D eigenvalue weighted by molar-refractivity contribution is 7.99. The van der Waals surface area contributed by atoms with Crippen molar-refractivity contribution < 1.29 is 5.11 Å². The molecule has 0 aliphatic heterocycles. The first-order valence-electron chi connectivity index (χ1n) is 6.31. The van der Waals surface area contributed by atoms with Crippen LogP contribution in [-0.2, 0) is 0 Å². The fraction of sp³-hybridized carbons (Fsp3) is 0.571. The molecule has 0 amide bonds. The maximum absolute atomic E-state index is 9.68. The lowest BCUT2D eigenvalue weighted by Crippen LogP contribution is -2.25. The van der Waals surface area contributed by atoms with Crippen molar-refractivity contribution in [3.8, 4) is 0 Å². The molecular weight excluding hydrogens is 230 g/mol. The van der Waals surface area contributed by atoms with Crippen molar-refractivity contribution in [2.45, 2.75) is 31.8 Å². The fourth-order valence-electron chi connectivity index (χ4n) is 1.78. The maximum atomic E-state index is 9.68. The molecule has 0 aliphatic carbocycles. The van der Waals surface area contributed by atoms with Gasteiger partial charge in [-0.05, 0) is 31.6 Å². The van der Waals surface area contributed by atoms with Crippen LogP contribution in [0.3, 0.4) is 0 Å². The summed E-state index contributed by atoms with van der Waals surface area (Å²) >= 11 is 1.83. The zero-order valence-corrected chi connectivity index (χ0v) is 11.8. The van der Waals surface area contributed by atoms with Crippen molar-refractivity contribution in [1.29, 1.82) is 0 Å². The predicted molar refractivity (Wildman–Crippen MR) is 75.6 cm³/mol. The Morgan fingerprint density at radius 3 is 2.47 bits per heavy atom. The van der Waals surface area contributed by atoms with Crippen LogP contribution in [0.1, 0.15) is 32.4 Å². The van der Waals surface area contributed by atoms with Crippen LogP contribution in [0.2, 0.25) is 0 Å². The highest BCUT2D eigenvalue weighted by Crippen LogP contribution is 2.27. The van der Waals surface area contributed by atoms with Gasteiger partial charge in [0.15, 0.2) is 0 Å². The molecule has 0 saturated heterocycles. The molecule has 0 bridgehead atoms. The molecule has 0 saturated carbocycles. The number of hydrogen-bond donors (Lipinski definition) is 1. The van der Waals surface area contributed by atoms with Crippen LogP contribution in [0.5, 0.6) is 0 Å². The molecule has 0 unspecified atom stereocenters. The largest absolute Gasteiger partial charge is 0.389 e. The van der Waals surface area contributed by atoms with Gasteiger partial charge in [-0.1, -0.05) is 32.0 Å². The van der Waals surface area contributed by atoms with Crippen LogP contribution in [0.25, 0.3) is 0 Å². The molecule has 3 heteroatoms. The number of nitrogens with zero attached hydrogens (tertiary/aromatic N) is 1. The van der Waals surface area contributed by atoms with E-state index in [-0.39, 0.29) is 6.10 Å². The monoisotopic (exact) mass is 253 g/mol. The lowest BCUT2D eigenvalue weighted by atomic mass is 10.1. The Bertz CT molecular complexity index is 324. The molecule has 0 radical (unpaired) electrons. The summed E-state index contributed by atoms with van der Waals surface area (Å²) in [4.78, 5) is 3.62. The quantitative estimate of drug-likeness (QED) is 0.755. The molecule has 1 rings (SSSR count). The van der Waals surface area contributed by atoms with Gasteiger partial charge < -0.3 is 10.0 Å². The minimum atomic E-state index is -0.382. The van der Waals surface area contributed by atoms with E-state index in [1.807, 2.05) is 36.9 Å². The van der Waals surface area contributed by atoms with Crippen molar-refractivity contribution in [2.75, 3.05) is 25.4 Å². The Balaban J connectivity index is 2.51. The van der Waals surface area contributed by atoms with E-state index in [1.54, 1.807) is 0 Å². The van der Waals surface area contributed by atoms with E-state index in [2.05, 4.69) is 24.8 Å². The summed E-state index contributed by atoms with van der Waals surface area (Å²) in [6.45, 7) is 9.52. The van der Waals surface area contributed by atoms with Gasteiger partial charge in [0.1, 0.15) is 0 Å². The lowest BCUT2D eigenvalue weighted by Gasteiger charge is -2.18. The van der Waals surface area contributed by atoms with E-state index in [9.17, 15) is 5.11 Å². The van der Waals surface area contributed by atoms with Crippen molar-refractivity contribution in [3.05, 3.63) is 29.8 Å². The smallest absolute Gasteiger partial charge is 0.0772 e. The number of hydrogen-bond acceptors (Lipinski definition) is 3. The third kappa shape index (κ3) is 4.70. The minimum Gasteiger partial charge on any atom is -0.389 e. The first-order chi connectivity index (χ1) is 8.19. The summed E-state index contributed by atoms with van der Waals surface area (Å²) in [5, 5.41) is 9.68. The second-order valence-corrected chi connectivity index (χ2v) is 5.23. The molecule has 0 fully saturated rings. The molecule has 0 aliphatic rings. The molecule has 0 heterocycles. The summed E-state index contributed by atoms with van der Waals surface area (Å²) < 4.78 is 0. The second-order valence-electron chi connectivity index (χ2n) is 4.09. The molecule has 96 valence electrons. The number of rotatable bonds is 7. The molecule has 2 nitrogen and oxygen atoms in total. The number of benzene rings is 1. The van der Waals surface area contributed by atoms with Gasteiger partial charge in [-0.25, -0.2) is 0 Å². The highest BCUT2D eigenvalue weighted by Gasteiger charge is 2.07. The van der Waals surface area contributed by atoms with E-state index >= 15 is 0 Å². The number of aliphatic hydroxyl groups excluding tert-OH is 1. The van der Waals surface area contributed by atoms with Crippen molar-refractivity contribution in [1.82, 2.24) is 4.90 Å². The summed E-state index contributed by atoms with van der Waals surface area (Å²) in [5.41, 5.74) is 1.04. The van der Waals surface area contributed by atoms with Gasteiger partial charge in [-0.2, -0.15) is 0 Å². The van der Waals surface area contributed by atoms with Gasteiger partial charge in [-0.3, -0.25) is 0 Å². The predicted octanol–water partition coefficient (Wildman–Crippen LogP) is 3.17. The van der Waals surface area contributed by atoms with Gasteiger partial charge in [-0.15, -0.1) is 11.8 Å². The third-order valence-corrected chi connectivity index (χ3v) is 4.00. The summed E-state index contributed by atoms with van der Waals surface area (Å²) in [6, 6.07) is 8.11. The van der Waals surface area contributed by atoms with Gasteiger partial charge in [0, 0.05) is 17.2 Å². The molecule has 17 heavy (non-hydrogen) atoms. The van der Waals surface area contributed by atoms with Gasteiger partial charge in [0.05, 0.1) is 6.10 Å². The average molecular weight is 253 g/mol. The Labute approximate surface area is 109 Å². The molecule has 1 N–H and O–H groups in total. The van der Waals surface area contributed by atoms with Crippen LogP contribution in [0, 0.1) is 0 Å². The Morgan fingerprint density at radius 1 is 1.24 bits per heavy atom. The molecular formula is C14H23NOS. The highest BCUT2D eigenvalue weighted by atomic mass is 32.2. The van der Waals surface area contributed by atoms with Gasteiger partial charge >= 0.3 is 0 Å².